The van der Waals surface area contributed by atoms with Crippen molar-refractivity contribution in [2.75, 3.05) is 20.2 Å². The van der Waals surface area contributed by atoms with Crippen LogP contribution < -0.4 is 16.0 Å². The van der Waals surface area contributed by atoms with Gasteiger partial charge in [0.1, 0.15) is 0 Å². The number of hydrogen-bond donors (Lipinski definition) is 5. The smallest absolute Gasteiger partial charge is 0.328 e. The number of likely N-dealkylation sites (N-methyl/N-ethyl adjacent to an activating group) is 1. The van der Waals surface area contributed by atoms with Crippen molar-refractivity contribution in [2.45, 2.75) is 6.04 Å². The largest absolute Gasteiger partial charge is 0.480 e. The van der Waals surface area contributed by atoms with Crippen LogP contribution in [-0.2, 0) is 9.59 Å². The fraction of sp³-hybridized carbons (Fsp3) is 0.571. The first-order valence-electron chi connectivity index (χ1n) is 4.09. The molecule has 0 bridgehead atoms. The van der Waals surface area contributed by atoms with Crippen molar-refractivity contribution >= 4 is 17.9 Å². The maximum absolute atomic E-state index is 11.0. The lowest BCUT2D eigenvalue weighted by atomic mass is 10.3. The van der Waals surface area contributed by atoms with Crippen LogP contribution in [0.4, 0.5) is 4.79 Å². The maximum atomic E-state index is 11.0. The first kappa shape index (κ1) is 13.2. The van der Waals surface area contributed by atoms with E-state index in [9.17, 15) is 14.4 Å². The normalized spacial score (nSPS) is 11.3. The van der Waals surface area contributed by atoms with Gasteiger partial charge in [0, 0.05) is 7.05 Å². The zero-order chi connectivity index (χ0) is 11.8. The molecule has 0 radical (unpaired) electrons. The van der Waals surface area contributed by atoms with E-state index >= 15 is 0 Å². The average Bonchev–Trinajstić information content (AvgIpc) is 2.21. The first-order valence-corrected chi connectivity index (χ1v) is 4.09. The van der Waals surface area contributed by atoms with Crippen molar-refractivity contribution in [3.63, 3.8) is 0 Å². The number of rotatable bonds is 5. The second-order valence-corrected chi connectivity index (χ2v) is 2.57. The minimum absolute atomic E-state index is 0.264. The third-order valence-electron chi connectivity index (χ3n) is 1.47. The topological polar surface area (TPSA) is 128 Å². The Morgan fingerprint density at radius 3 is 2.33 bits per heavy atom. The summed E-state index contributed by atoms with van der Waals surface area (Å²) in [6.07, 6.45) is 0. The van der Waals surface area contributed by atoms with Gasteiger partial charge in [-0.3, -0.25) is 4.79 Å². The van der Waals surface area contributed by atoms with Gasteiger partial charge in [0.25, 0.3) is 0 Å². The summed E-state index contributed by atoms with van der Waals surface area (Å²) in [6.45, 7) is -0.983. The number of urea groups is 1. The molecule has 5 N–H and O–H groups in total. The molecule has 0 aliphatic rings. The van der Waals surface area contributed by atoms with E-state index < -0.39 is 30.6 Å². The van der Waals surface area contributed by atoms with Gasteiger partial charge in [-0.15, -0.1) is 0 Å². The number of hydrogen-bond acceptors (Lipinski definition) is 4. The Balaban J connectivity index is 3.91. The summed E-state index contributed by atoms with van der Waals surface area (Å²) in [4.78, 5) is 32.0. The molecule has 0 saturated heterocycles. The minimum Gasteiger partial charge on any atom is -0.480 e. The van der Waals surface area contributed by atoms with E-state index in [2.05, 4.69) is 10.6 Å². The molecule has 0 aliphatic heterocycles. The van der Waals surface area contributed by atoms with Crippen LogP contribution in [0, 0.1) is 0 Å². The molecule has 0 aromatic rings. The highest BCUT2D eigenvalue weighted by molar-refractivity contribution is 5.86. The first-order chi connectivity index (χ1) is 7.01. The third kappa shape index (κ3) is 5.47. The van der Waals surface area contributed by atoms with Gasteiger partial charge >= 0.3 is 12.0 Å². The zero-order valence-corrected chi connectivity index (χ0v) is 8.11. The summed E-state index contributed by atoms with van der Waals surface area (Å²) in [5, 5.41) is 23.4. The molecule has 8 heteroatoms. The number of amides is 3. The fourth-order valence-electron chi connectivity index (χ4n) is 0.644. The van der Waals surface area contributed by atoms with Crippen molar-refractivity contribution in [3.8, 4) is 0 Å². The molecule has 86 valence electrons. The third-order valence-corrected chi connectivity index (χ3v) is 1.47. The van der Waals surface area contributed by atoms with Gasteiger partial charge in [-0.05, 0) is 0 Å². The van der Waals surface area contributed by atoms with Crippen LogP contribution >= 0.6 is 0 Å². The summed E-state index contributed by atoms with van der Waals surface area (Å²) in [5.74, 6) is -1.77. The second kappa shape index (κ2) is 6.60. The number of carboxylic acids is 1. The molecule has 1 unspecified atom stereocenters. The highest BCUT2D eigenvalue weighted by Gasteiger charge is 2.18. The molecule has 0 heterocycles. The average molecular weight is 219 g/mol. The Labute approximate surface area is 85.7 Å². The highest BCUT2D eigenvalue weighted by atomic mass is 16.4. The number of carbonyl (C=O) groups excluding carboxylic acids is 2. The number of aliphatic hydroxyl groups is 1. The summed E-state index contributed by atoms with van der Waals surface area (Å²) >= 11 is 0. The lowest BCUT2D eigenvalue weighted by Crippen LogP contribution is -2.49. The summed E-state index contributed by atoms with van der Waals surface area (Å²) < 4.78 is 0. The molecular weight excluding hydrogens is 206 g/mol. The number of aliphatic hydroxyl groups excluding tert-OH is 1. The standard InChI is InChI=1S/C7H13N3O5/c1-8-5(12)2-9-7(15)10-4(3-11)6(13)14/h4,11H,2-3H2,1H3,(H,8,12)(H,13,14)(H2,9,10,15). The molecule has 3 amide bonds. The van der Waals surface area contributed by atoms with E-state index in [4.69, 9.17) is 10.2 Å². The van der Waals surface area contributed by atoms with Crippen molar-refractivity contribution in [1.82, 2.24) is 16.0 Å². The number of nitrogens with one attached hydrogen (secondary N) is 3. The van der Waals surface area contributed by atoms with E-state index in [1.165, 1.54) is 7.05 Å². The van der Waals surface area contributed by atoms with E-state index in [0.29, 0.717) is 0 Å². The van der Waals surface area contributed by atoms with Crippen molar-refractivity contribution in [2.24, 2.45) is 0 Å². The van der Waals surface area contributed by atoms with Gasteiger partial charge in [-0.2, -0.15) is 0 Å². The predicted molar refractivity (Wildman–Crippen MR) is 49.1 cm³/mol. The lowest BCUT2D eigenvalue weighted by molar-refractivity contribution is -0.140. The van der Waals surface area contributed by atoms with Crippen molar-refractivity contribution in [3.05, 3.63) is 0 Å². The monoisotopic (exact) mass is 219 g/mol. The van der Waals surface area contributed by atoms with Crippen molar-refractivity contribution in [1.29, 1.82) is 0 Å². The van der Waals surface area contributed by atoms with Crippen LogP contribution in [0.2, 0.25) is 0 Å². The summed E-state index contributed by atoms with van der Waals surface area (Å²) in [5.41, 5.74) is 0. The van der Waals surface area contributed by atoms with Gasteiger partial charge < -0.3 is 26.2 Å². The second-order valence-electron chi connectivity index (χ2n) is 2.57. The maximum Gasteiger partial charge on any atom is 0.328 e. The molecule has 0 spiro atoms. The Morgan fingerprint density at radius 2 is 1.93 bits per heavy atom. The van der Waals surface area contributed by atoms with E-state index in [-0.39, 0.29) is 6.54 Å². The van der Waals surface area contributed by atoms with Crippen LogP contribution in [0.3, 0.4) is 0 Å². The molecule has 0 aromatic heterocycles. The van der Waals surface area contributed by atoms with Gasteiger partial charge in [0.05, 0.1) is 13.2 Å². The Hall–Kier alpha value is -1.83. The Kier molecular flexibility index (Phi) is 5.79. The van der Waals surface area contributed by atoms with E-state index in [1.54, 1.807) is 0 Å². The van der Waals surface area contributed by atoms with Crippen LogP contribution in [0.1, 0.15) is 0 Å². The molecule has 0 fully saturated rings. The quantitative estimate of drug-likeness (QED) is 0.348. The summed E-state index contributed by atoms with van der Waals surface area (Å²) in [6, 6.07) is -2.21. The Morgan fingerprint density at radius 1 is 1.33 bits per heavy atom. The molecule has 0 aromatic carbocycles. The molecule has 0 rings (SSSR count). The number of carbonyl (C=O) groups is 3. The number of aliphatic carboxylic acids is 1. The zero-order valence-electron chi connectivity index (χ0n) is 8.11. The highest BCUT2D eigenvalue weighted by Crippen LogP contribution is 1.81. The number of carboxylic acid groups (broad SMARTS) is 1. The van der Waals surface area contributed by atoms with E-state index in [0.717, 1.165) is 0 Å². The van der Waals surface area contributed by atoms with E-state index in [1.807, 2.05) is 5.32 Å². The molecule has 0 aliphatic carbocycles. The van der Waals surface area contributed by atoms with Crippen LogP contribution in [0.15, 0.2) is 0 Å². The van der Waals surface area contributed by atoms with Gasteiger partial charge in [0.15, 0.2) is 6.04 Å². The van der Waals surface area contributed by atoms with Crippen molar-refractivity contribution < 1.29 is 24.6 Å². The predicted octanol–water partition coefficient (Wildman–Crippen LogP) is -2.52. The lowest BCUT2D eigenvalue weighted by Gasteiger charge is -2.11. The van der Waals surface area contributed by atoms with Gasteiger partial charge in [-0.1, -0.05) is 0 Å². The molecule has 8 nitrogen and oxygen atoms in total. The Bertz CT molecular complexity index is 255. The molecule has 1 atom stereocenters. The fourth-order valence-corrected chi connectivity index (χ4v) is 0.644. The van der Waals surface area contributed by atoms with Gasteiger partial charge in [-0.25, -0.2) is 9.59 Å². The van der Waals surface area contributed by atoms with Crippen LogP contribution in [0.25, 0.3) is 0 Å². The van der Waals surface area contributed by atoms with Crippen LogP contribution in [0.5, 0.6) is 0 Å². The van der Waals surface area contributed by atoms with Gasteiger partial charge in [0.2, 0.25) is 5.91 Å². The SMILES string of the molecule is CNC(=O)CNC(=O)NC(CO)C(=O)O. The summed E-state index contributed by atoms with van der Waals surface area (Å²) in [7, 11) is 1.40. The minimum atomic E-state index is -1.38. The molecule has 0 saturated carbocycles. The molecular formula is C7H13N3O5. The van der Waals surface area contributed by atoms with Crippen LogP contribution in [-0.4, -0.2) is 54.4 Å². The molecule has 15 heavy (non-hydrogen) atoms.